The van der Waals surface area contributed by atoms with E-state index in [1.807, 2.05) is 49.4 Å². The molecule has 1 aromatic heterocycles. The van der Waals surface area contributed by atoms with Crippen LogP contribution in [0.25, 0.3) is 0 Å². The molecule has 2 aromatic carbocycles. The van der Waals surface area contributed by atoms with Gasteiger partial charge < -0.3 is 15.0 Å². The smallest absolute Gasteiger partial charge is 0.255 e. The monoisotopic (exact) mass is 375 g/mol. The first-order chi connectivity index (χ1) is 13.6. The molecule has 1 N–H and O–H groups in total. The highest BCUT2D eigenvalue weighted by molar-refractivity contribution is 6.05. The Balaban J connectivity index is 1.85. The highest BCUT2D eigenvalue weighted by atomic mass is 16.5. The van der Waals surface area contributed by atoms with Gasteiger partial charge in [-0.05, 0) is 62.7 Å². The van der Waals surface area contributed by atoms with Crippen LogP contribution in [0.4, 0.5) is 17.2 Å². The molecule has 0 spiro atoms. The van der Waals surface area contributed by atoms with E-state index in [0.717, 1.165) is 18.1 Å². The van der Waals surface area contributed by atoms with Crippen LogP contribution in [-0.4, -0.2) is 24.0 Å². The number of hydrogen-bond donors (Lipinski definition) is 1. The van der Waals surface area contributed by atoms with Gasteiger partial charge >= 0.3 is 0 Å². The van der Waals surface area contributed by atoms with E-state index in [9.17, 15) is 4.79 Å². The zero-order valence-corrected chi connectivity index (χ0v) is 16.5. The number of hydrogen-bond acceptors (Lipinski definition) is 4. The third kappa shape index (κ3) is 4.49. The van der Waals surface area contributed by atoms with Crippen LogP contribution >= 0.6 is 0 Å². The number of anilines is 3. The van der Waals surface area contributed by atoms with E-state index >= 15 is 0 Å². The number of ether oxygens (including phenoxy) is 1. The summed E-state index contributed by atoms with van der Waals surface area (Å²) in [6.07, 6.45) is 1.66. The van der Waals surface area contributed by atoms with Crippen molar-refractivity contribution in [2.24, 2.45) is 0 Å². The molecule has 0 atom stereocenters. The van der Waals surface area contributed by atoms with E-state index in [2.05, 4.69) is 41.2 Å². The summed E-state index contributed by atoms with van der Waals surface area (Å²) in [6, 6.07) is 19.2. The van der Waals surface area contributed by atoms with Crippen molar-refractivity contribution < 1.29 is 9.53 Å². The Labute approximate surface area is 166 Å². The van der Waals surface area contributed by atoms with Gasteiger partial charge in [0.05, 0.1) is 12.3 Å². The fourth-order valence-corrected chi connectivity index (χ4v) is 3.03. The predicted molar refractivity (Wildman–Crippen MR) is 114 cm³/mol. The largest absolute Gasteiger partial charge is 0.492 e. The molecule has 0 aliphatic rings. The number of aryl methyl sites for hydroxylation is 1. The molecule has 0 saturated carbocycles. The number of benzene rings is 2. The standard InChI is InChI=1S/C23H25N3O2/c1-4-26(19-10-8-9-17(3)15-19)22-16-18(13-14-24-22)23(27)25-20-11-6-7-12-21(20)28-5-2/h6-16H,4-5H2,1-3H3,(H,25,27). The van der Waals surface area contributed by atoms with Crippen molar-refractivity contribution in [1.29, 1.82) is 0 Å². The lowest BCUT2D eigenvalue weighted by Gasteiger charge is -2.23. The molecule has 5 heteroatoms. The van der Waals surface area contributed by atoms with Crippen molar-refractivity contribution in [2.75, 3.05) is 23.4 Å². The van der Waals surface area contributed by atoms with Crippen LogP contribution in [0.15, 0.2) is 66.9 Å². The number of aromatic nitrogens is 1. The second-order valence-corrected chi connectivity index (χ2v) is 6.37. The molecule has 0 aliphatic heterocycles. The molecule has 28 heavy (non-hydrogen) atoms. The van der Waals surface area contributed by atoms with E-state index in [1.54, 1.807) is 12.3 Å². The lowest BCUT2D eigenvalue weighted by atomic mass is 10.2. The Bertz CT molecular complexity index is 956. The van der Waals surface area contributed by atoms with Crippen LogP contribution in [0, 0.1) is 6.92 Å². The average molecular weight is 375 g/mol. The van der Waals surface area contributed by atoms with E-state index in [1.165, 1.54) is 5.56 Å². The summed E-state index contributed by atoms with van der Waals surface area (Å²) >= 11 is 0. The molecule has 0 saturated heterocycles. The summed E-state index contributed by atoms with van der Waals surface area (Å²) in [5, 5.41) is 2.93. The maximum absolute atomic E-state index is 12.8. The molecular weight excluding hydrogens is 350 g/mol. The molecule has 1 heterocycles. The van der Waals surface area contributed by atoms with Gasteiger partial charge in [-0.3, -0.25) is 4.79 Å². The van der Waals surface area contributed by atoms with E-state index < -0.39 is 0 Å². The molecule has 1 amide bonds. The Kier molecular flexibility index (Phi) is 6.27. The van der Waals surface area contributed by atoms with Crippen LogP contribution in [0.5, 0.6) is 5.75 Å². The number of pyridine rings is 1. The van der Waals surface area contributed by atoms with Crippen molar-refractivity contribution in [3.05, 3.63) is 78.0 Å². The Morgan fingerprint density at radius 3 is 2.64 bits per heavy atom. The first kappa shape index (κ1) is 19.4. The molecule has 144 valence electrons. The topological polar surface area (TPSA) is 54.5 Å². The quantitative estimate of drug-likeness (QED) is 0.617. The molecule has 5 nitrogen and oxygen atoms in total. The van der Waals surface area contributed by atoms with Gasteiger partial charge in [-0.2, -0.15) is 0 Å². The minimum atomic E-state index is -0.198. The van der Waals surface area contributed by atoms with Gasteiger partial charge in [0.15, 0.2) is 0 Å². The summed E-state index contributed by atoms with van der Waals surface area (Å²) < 4.78 is 5.59. The number of nitrogens with zero attached hydrogens (tertiary/aromatic N) is 2. The minimum absolute atomic E-state index is 0.198. The van der Waals surface area contributed by atoms with Crippen LogP contribution in [0.3, 0.4) is 0 Å². The summed E-state index contributed by atoms with van der Waals surface area (Å²) in [7, 11) is 0. The zero-order valence-electron chi connectivity index (χ0n) is 16.5. The van der Waals surface area contributed by atoms with Crippen LogP contribution in [0.1, 0.15) is 29.8 Å². The second-order valence-electron chi connectivity index (χ2n) is 6.37. The van der Waals surface area contributed by atoms with E-state index in [4.69, 9.17) is 4.74 Å². The molecule has 0 aliphatic carbocycles. The van der Waals surface area contributed by atoms with Gasteiger partial charge in [0, 0.05) is 24.0 Å². The number of rotatable bonds is 7. The third-order valence-electron chi connectivity index (χ3n) is 4.35. The summed E-state index contributed by atoms with van der Waals surface area (Å²) in [4.78, 5) is 19.4. The van der Waals surface area contributed by atoms with Gasteiger partial charge in [0.1, 0.15) is 11.6 Å². The summed E-state index contributed by atoms with van der Waals surface area (Å²) in [5.74, 6) is 1.19. The second kappa shape index (κ2) is 9.04. The molecule has 0 unspecified atom stereocenters. The predicted octanol–water partition coefficient (Wildman–Crippen LogP) is 5.20. The SMILES string of the molecule is CCOc1ccccc1NC(=O)c1ccnc(N(CC)c2cccc(C)c2)c1. The third-order valence-corrected chi connectivity index (χ3v) is 4.35. The zero-order chi connectivity index (χ0) is 19.9. The molecule has 3 aromatic rings. The molecule has 0 radical (unpaired) electrons. The fraction of sp³-hybridized carbons (Fsp3) is 0.217. The average Bonchev–Trinajstić information content (AvgIpc) is 2.70. The van der Waals surface area contributed by atoms with Gasteiger partial charge in [0.25, 0.3) is 5.91 Å². The van der Waals surface area contributed by atoms with Crippen LogP contribution in [0.2, 0.25) is 0 Å². The highest BCUT2D eigenvalue weighted by Gasteiger charge is 2.14. The van der Waals surface area contributed by atoms with Crippen molar-refractivity contribution in [3.8, 4) is 5.75 Å². The highest BCUT2D eigenvalue weighted by Crippen LogP contribution is 2.27. The van der Waals surface area contributed by atoms with Gasteiger partial charge in [-0.1, -0.05) is 24.3 Å². The summed E-state index contributed by atoms with van der Waals surface area (Å²) in [6.45, 7) is 7.32. The van der Waals surface area contributed by atoms with Crippen LogP contribution in [-0.2, 0) is 0 Å². The number of para-hydroxylation sites is 2. The Morgan fingerprint density at radius 2 is 1.89 bits per heavy atom. The molecular formula is C23H25N3O2. The maximum Gasteiger partial charge on any atom is 0.255 e. The van der Waals surface area contributed by atoms with E-state index in [-0.39, 0.29) is 5.91 Å². The van der Waals surface area contributed by atoms with Crippen LogP contribution < -0.4 is 15.0 Å². The first-order valence-corrected chi connectivity index (χ1v) is 9.45. The number of carbonyl (C=O) groups excluding carboxylic acids is 1. The van der Waals surface area contributed by atoms with Gasteiger partial charge in [0.2, 0.25) is 0 Å². The number of carbonyl (C=O) groups is 1. The molecule has 3 rings (SSSR count). The Morgan fingerprint density at radius 1 is 1.07 bits per heavy atom. The number of nitrogens with one attached hydrogen (secondary N) is 1. The normalized spacial score (nSPS) is 10.4. The van der Waals surface area contributed by atoms with Gasteiger partial charge in [-0.25, -0.2) is 4.98 Å². The lowest BCUT2D eigenvalue weighted by Crippen LogP contribution is -2.19. The fourth-order valence-electron chi connectivity index (χ4n) is 3.03. The summed E-state index contributed by atoms with van der Waals surface area (Å²) in [5.41, 5.74) is 3.42. The maximum atomic E-state index is 12.8. The van der Waals surface area contributed by atoms with Crippen molar-refractivity contribution in [3.63, 3.8) is 0 Å². The lowest BCUT2D eigenvalue weighted by molar-refractivity contribution is 0.102. The number of amides is 1. The molecule has 0 bridgehead atoms. The van der Waals surface area contributed by atoms with Gasteiger partial charge in [-0.15, -0.1) is 0 Å². The molecule has 0 fully saturated rings. The van der Waals surface area contributed by atoms with Crippen molar-refractivity contribution >= 4 is 23.1 Å². The van der Waals surface area contributed by atoms with Crippen molar-refractivity contribution in [1.82, 2.24) is 4.98 Å². The minimum Gasteiger partial charge on any atom is -0.492 e. The van der Waals surface area contributed by atoms with E-state index in [0.29, 0.717) is 23.6 Å². The van der Waals surface area contributed by atoms with Crippen molar-refractivity contribution in [2.45, 2.75) is 20.8 Å². The Hall–Kier alpha value is -3.34. The first-order valence-electron chi connectivity index (χ1n) is 9.45.